The number of ether oxygens (including phenoxy) is 3. The van der Waals surface area contributed by atoms with E-state index in [1.807, 2.05) is 0 Å². The Hall–Kier alpha value is -1.36. The van der Waals surface area contributed by atoms with E-state index in [0.29, 0.717) is 6.61 Å². The largest absolute Gasteiger partial charge is 0.463 e. The van der Waals surface area contributed by atoms with E-state index < -0.39 is 11.9 Å². The number of hydrogen-bond acceptors (Lipinski definition) is 5. The molecule has 0 rings (SSSR count). The number of carbonyl (C=O) groups is 2. The normalized spacial score (nSPS) is 9.21. The predicted octanol–water partition coefficient (Wildman–Crippen LogP) is 0.295. The van der Waals surface area contributed by atoms with E-state index in [2.05, 4.69) is 16.1 Å². The van der Waals surface area contributed by atoms with E-state index in [9.17, 15) is 9.59 Å². The topological polar surface area (TPSA) is 61.8 Å². The summed E-state index contributed by atoms with van der Waals surface area (Å²) in [4.78, 5) is 21.4. The zero-order valence-electron chi connectivity index (χ0n) is 8.15. The molecule has 0 spiro atoms. The van der Waals surface area contributed by atoms with Crippen molar-refractivity contribution in [3.63, 3.8) is 0 Å². The minimum Gasteiger partial charge on any atom is -0.463 e. The Labute approximate surface area is 82.6 Å². The van der Waals surface area contributed by atoms with Gasteiger partial charge in [0.05, 0.1) is 13.0 Å². The van der Waals surface area contributed by atoms with Crippen LogP contribution in [0, 0.1) is 0 Å². The van der Waals surface area contributed by atoms with Gasteiger partial charge in [-0.25, -0.2) is 4.79 Å². The summed E-state index contributed by atoms with van der Waals surface area (Å²) < 4.78 is 14.0. The Morgan fingerprint density at radius 2 is 1.93 bits per heavy atom. The van der Waals surface area contributed by atoms with Crippen LogP contribution in [0.25, 0.3) is 0 Å². The fourth-order valence-electron chi connectivity index (χ4n) is 0.605. The Balaban J connectivity index is 3.35. The predicted molar refractivity (Wildman–Crippen MR) is 48.6 cm³/mol. The van der Waals surface area contributed by atoms with Crippen molar-refractivity contribution in [2.24, 2.45) is 0 Å². The van der Waals surface area contributed by atoms with E-state index in [1.54, 1.807) is 0 Å². The maximum Gasteiger partial charge on any atom is 0.330 e. The molecule has 0 saturated carbocycles. The third kappa shape index (κ3) is 7.30. The summed E-state index contributed by atoms with van der Waals surface area (Å²) in [5, 5.41) is 0. The van der Waals surface area contributed by atoms with Crippen LogP contribution in [0.15, 0.2) is 12.7 Å². The molecule has 0 aromatic rings. The molecular weight excluding hydrogens is 188 g/mol. The average molecular weight is 202 g/mol. The number of carbonyl (C=O) groups excluding carboxylic acids is 2. The van der Waals surface area contributed by atoms with Gasteiger partial charge in [0.15, 0.2) is 0 Å². The van der Waals surface area contributed by atoms with Gasteiger partial charge in [-0.1, -0.05) is 6.58 Å². The molecule has 5 nitrogen and oxygen atoms in total. The first-order valence-electron chi connectivity index (χ1n) is 4.14. The fourth-order valence-corrected chi connectivity index (χ4v) is 0.605. The summed E-state index contributed by atoms with van der Waals surface area (Å²) in [6.07, 6.45) is 1.08. The quantitative estimate of drug-likeness (QED) is 0.337. The standard InChI is InChI=1S/C9H14O5/c1-3-8(10)13-5-4-9(11)14-7-6-12-2/h3H,1,4-7H2,2H3. The molecule has 0 aliphatic heterocycles. The van der Waals surface area contributed by atoms with Crippen molar-refractivity contribution in [3.8, 4) is 0 Å². The number of methoxy groups -OCH3 is 1. The summed E-state index contributed by atoms with van der Waals surface area (Å²) in [6.45, 7) is 3.79. The molecule has 0 atom stereocenters. The van der Waals surface area contributed by atoms with Crippen molar-refractivity contribution >= 4 is 11.9 Å². The first kappa shape index (κ1) is 12.6. The molecule has 0 fully saturated rings. The molecule has 0 aliphatic carbocycles. The Morgan fingerprint density at radius 1 is 1.21 bits per heavy atom. The van der Waals surface area contributed by atoms with E-state index in [0.717, 1.165) is 6.08 Å². The van der Waals surface area contributed by atoms with Gasteiger partial charge in [-0.05, 0) is 0 Å². The van der Waals surface area contributed by atoms with E-state index in [4.69, 9.17) is 4.74 Å². The molecule has 14 heavy (non-hydrogen) atoms. The SMILES string of the molecule is C=CC(=O)OCCC(=O)OCCOC. The molecule has 0 heterocycles. The van der Waals surface area contributed by atoms with Gasteiger partial charge in [0.1, 0.15) is 13.2 Å². The van der Waals surface area contributed by atoms with Gasteiger partial charge in [0, 0.05) is 13.2 Å². The summed E-state index contributed by atoms with van der Waals surface area (Å²) >= 11 is 0. The van der Waals surface area contributed by atoms with Crippen LogP contribution in [-0.2, 0) is 23.8 Å². The summed E-state index contributed by atoms with van der Waals surface area (Å²) in [7, 11) is 1.51. The molecule has 80 valence electrons. The lowest BCUT2D eigenvalue weighted by Crippen LogP contribution is -2.13. The van der Waals surface area contributed by atoms with Gasteiger partial charge in [-0.2, -0.15) is 0 Å². The van der Waals surface area contributed by atoms with Crippen molar-refractivity contribution in [2.75, 3.05) is 26.9 Å². The molecule has 0 aromatic heterocycles. The Morgan fingerprint density at radius 3 is 2.50 bits per heavy atom. The third-order valence-corrected chi connectivity index (χ3v) is 1.27. The highest BCUT2D eigenvalue weighted by molar-refractivity contribution is 5.81. The van der Waals surface area contributed by atoms with Crippen LogP contribution in [0.2, 0.25) is 0 Å². The van der Waals surface area contributed by atoms with Crippen molar-refractivity contribution in [2.45, 2.75) is 6.42 Å². The molecule has 0 amide bonds. The smallest absolute Gasteiger partial charge is 0.330 e. The fraction of sp³-hybridized carbons (Fsp3) is 0.556. The van der Waals surface area contributed by atoms with Gasteiger partial charge in [-0.15, -0.1) is 0 Å². The zero-order valence-corrected chi connectivity index (χ0v) is 8.15. The van der Waals surface area contributed by atoms with E-state index in [-0.39, 0.29) is 19.6 Å². The second-order valence-corrected chi connectivity index (χ2v) is 2.33. The van der Waals surface area contributed by atoms with Gasteiger partial charge >= 0.3 is 11.9 Å². The van der Waals surface area contributed by atoms with Gasteiger partial charge < -0.3 is 14.2 Å². The highest BCUT2D eigenvalue weighted by Gasteiger charge is 2.03. The molecule has 0 aromatic carbocycles. The maximum absolute atomic E-state index is 10.9. The highest BCUT2D eigenvalue weighted by Crippen LogP contribution is 1.89. The van der Waals surface area contributed by atoms with Crippen molar-refractivity contribution in [3.05, 3.63) is 12.7 Å². The second kappa shape index (κ2) is 8.25. The van der Waals surface area contributed by atoms with Gasteiger partial charge in [0.2, 0.25) is 0 Å². The molecule has 0 aliphatic rings. The summed E-state index contributed by atoms with van der Waals surface area (Å²) in [5.41, 5.74) is 0. The third-order valence-electron chi connectivity index (χ3n) is 1.27. The van der Waals surface area contributed by atoms with Crippen molar-refractivity contribution in [1.82, 2.24) is 0 Å². The summed E-state index contributed by atoms with van der Waals surface area (Å²) in [5.74, 6) is -0.964. The van der Waals surface area contributed by atoms with Crippen LogP contribution < -0.4 is 0 Å². The molecule has 5 heteroatoms. The molecule has 0 bridgehead atoms. The van der Waals surface area contributed by atoms with Crippen LogP contribution in [0.5, 0.6) is 0 Å². The Kier molecular flexibility index (Phi) is 7.45. The first-order valence-corrected chi connectivity index (χ1v) is 4.14. The van der Waals surface area contributed by atoms with E-state index >= 15 is 0 Å². The van der Waals surface area contributed by atoms with Crippen LogP contribution in [0.4, 0.5) is 0 Å². The minimum atomic E-state index is -0.547. The molecule has 0 unspecified atom stereocenters. The number of rotatable bonds is 7. The van der Waals surface area contributed by atoms with Crippen molar-refractivity contribution in [1.29, 1.82) is 0 Å². The lowest BCUT2D eigenvalue weighted by atomic mass is 10.4. The highest BCUT2D eigenvalue weighted by atomic mass is 16.6. The lowest BCUT2D eigenvalue weighted by molar-refractivity contribution is -0.148. The van der Waals surface area contributed by atoms with E-state index in [1.165, 1.54) is 7.11 Å². The van der Waals surface area contributed by atoms with Gasteiger partial charge in [-0.3, -0.25) is 4.79 Å². The molecule has 0 saturated heterocycles. The monoisotopic (exact) mass is 202 g/mol. The van der Waals surface area contributed by atoms with Crippen LogP contribution in [-0.4, -0.2) is 38.9 Å². The van der Waals surface area contributed by atoms with Gasteiger partial charge in [0.25, 0.3) is 0 Å². The number of hydrogen-bond donors (Lipinski definition) is 0. The lowest BCUT2D eigenvalue weighted by Gasteiger charge is -2.03. The molecule has 0 N–H and O–H groups in total. The maximum atomic E-state index is 10.9. The molecular formula is C9H14O5. The first-order chi connectivity index (χ1) is 6.70. The molecule has 0 radical (unpaired) electrons. The minimum absolute atomic E-state index is 0.0106. The van der Waals surface area contributed by atoms with Crippen molar-refractivity contribution < 1.29 is 23.8 Å². The van der Waals surface area contributed by atoms with Crippen LogP contribution in [0.3, 0.4) is 0 Å². The Bertz CT molecular complexity index is 199. The number of esters is 2. The average Bonchev–Trinajstić information content (AvgIpc) is 2.18. The van der Waals surface area contributed by atoms with Crippen LogP contribution >= 0.6 is 0 Å². The zero-order chi connectivity index (χ0) is 10.8. The second-order valence-electron chi connectivity index (χ2n) is 2.33. The summed E-state index contributed by atoms with van der Waals surface area (Å²) in [6, 6.07) is 0. The van der Waals surface area contributed by atoms with Crippen LogP contribution in [0.1, 0.15) is 6.42 Å².